The smallest absolute Gasteiger partial charge is 0.220 e. The van der Waals surface area contributed by atoms with Crippen molar-refractivity contribution in [2.45, 2.75) is 32.1 Å². The first-order chi connectivity index (χ1) is 12.4. The third-order valence-corrected chi connectivity index (χ3v) is 5.31. The Kier molecular flexibility index (Phi) is 4.97. The van der Waals surface area contributed by atoms with Gasteiger partial charge in [0.05, 0.1) is 0 Å². The highest BCUT2D eigenvalue weighted by molar-refractivity contribution is 7.11. The molecule has 5 nitrogen and oxygen atoms in total. The summed E-state index contributed by atoms with van der Waals surface area (Å²) in [6, 6.07) is 8.72. The van der Waals surface area contributed by atoms with Crippen LogP contribution in [0.3, 0.4) is 0 Å². The molecule has 1 N–H and O–H groups in total. The number of hydrogen-bond acceptors (Lipinski definition) is 5. The van der Waals surface area contributed by atoms with Crippen LogP contribution in [-0.2, 0) is 6.42 Å². The predicted octanol–water partition coefficient (Wildman–Crippen LogP) is 4.34. The normalized spacial score (nSPS) is 13.4. The maximum Gasteiger partial charge on any atom is 0.220 e. The number of para-hydroxylation sites is 1. The van der Waals surface area contributed by atoms with Crippen molar-refractivity contribution in [3.8, 4) is 0 Å². The highest BCUT2D eigenvalue weighted by atomic mass is 32.1. The van der Waals surface area contributed by atoms with Crippen LogP contribution in [0.2, 0.25) is 0 Å². The summed E-state index contributed by atoms with van der Waals surface area (Å²) in [7, 11) is 0. The molecule has 25 heavy (non-hydrogen) atoms. The third kappa shape index (κ3) is 3.69. The van der Waals surface area contributed by atoms with Gasteiger partial charge in [0, 0.05) is 48.9 Å². The lowest BCUT2D eigenvalue weighted by atomic mass is 10.1. The van der Waals surface area contributed by atoms with Crippen molar-refractivity contribution in [2.75, 3.05) is 23.3 Å². The van der Waals surface area contributed by atoms with E-state index in [9.17, 15) is 0 Å². The van der Waals surface area contributed by atoms with Crippen molar-refractivity contribution in [1.29, 1.82) is 0 Å². The highest BCUT2D eigenvalue weighted by Crippen LogP contribution is 2.25. The van der Waals surface area contributed by atoms with E-state index in [0.29, 0.717) is 0 Å². The largest absolute Gasteiger partial charge is 0.355 e. The molecule has 6 heteroatoms. The van der Waals surface area contributed by atoms with E-state index in [4.69, 9.17) is 0 Å². The second-order valence-electron chi connectivity index (χ2n) is 6.34. The zero-order chi connectivity index (χ0) is 16.9. The fraction of sp³-hybridized carbons (Fsp3) is 0.368. The van der Waals surface area contributed by atoms with Gasteiger partial charge in [0.25, 0.3) is 0 Å². The van der Waals surface area contributed by atoms with E-state index in [1.165, 1.54) is 48.5 Å². The van der Waals surface area contributed by atoms with E-state index in [1.54, 1.807) is 0 Å². The minimum absolute atomic E-state index is 0.910. The molecular weight excluding hydrogens is 330 g/mol. The van der Waals surface area contributed by atoms with E-state index in [0.717, 1.165) is 30.4 Å². The van der Waals surface area contributed by atoms with Gasteiger partial charge in [-0.05, 0) is 30.9 Å². The fourth-order valence-corrected chi connectivity index (χ4v) is 3.93. The lowest BCUT2D eigenvalue weighted by Gasteiger charge is -2.26. The van der Waals surface area contributed by atoms with Crippen LogP contribution in [-0.4, -0.2) is 26.8 Å². The van der Waals surface area contributed by atoms with Gasteiger partial charge in [-0.25, -0.2) is 4.98 Å². The van der Waals surface area contributed by atoms with Gasteiger partial charge in [-0.2, -0.15) is 4.37 Å². The lowest BCUT2D eigenvalue weighted by molar-refractivity contribution is 0.652. The number of fused-ring (bicyclic) bond motifs is 2. The molecule has 3 aromatic rings. The first-order valence-corrected chi connectivity index (χ1v) is 9.73. The van der Waals surface area contributed by atoms with Crippen molar-refractivity contribution < 1.29 is 0 Å². The first kappa shape index (κ1) is 16.1. The van der Waals surface area contributed by atoms with Gasteiger partial charge in [0.2, 0.25) is 10.9 Å². The van der Waals surface area contributed by atoms with Gasteiger partial charge in [-0.1, -0.05) is 37.1 Å². The summed E-state index contributed by atoms with van der Waals surface area (Å²) in [6.07, 6.45) is 14.2. The maximum atomic E-state index is 4.39. The molecule has 0 unspecified atom stereocenters. The SMILES string of the molecule is C1=CN(CCCCCCNc2nsc3nccn23)c2ccccc2C1. The molecule has 0 amide bonds. The average molecular weight is 353 g/mol. The minimum Gasteiger partial charge on any atom is -0.355 e. The van der Waals surface area contributed by atoms with Gasteiger partial charge in [-0.15, -0.1) is 0 Å². The monoisotopic (exact) mass is 353 g/mol. The van der Waals surface area contributed by atoms with E-state index < -0.39 is 0 Å². The van der Waals surface area contributed by atoms with Gasteiger partial charge in [-0.3, -0.25) is 4.40 Å². The Morgan fingerprint density at radius 3 is 3.04 bits per heavy atom. The summed E-state index contributed by atoms with van der Waals surface area (Å²) in [6.45, 7) is 2.06. The topological polar surface area (TPSA) is 45.5 Å². The van der Waals surface area contributed by atoms with Gasteiger partial charge < -0.3 is 10.2 Å². The summed E-state index contributed by atoms with van der Waals surface area (Å²) in [4.78, 5) is 7.57. The molecule has 0 radical (unpaired) electrons. The Labute approximate surface area is 152 Å². The Morgan fingerprint density at radius 1 is 1.12 bits per heavy atom. The second kappa shape index (κ2) is 7.70. The van der Waals surface area contributed by atoms with E-state index in [-0.39, 0.29) is 0 Å². The lowest BCUT2D eigenvalue weighted by Crippen LogP contribution is -2.21. The van der Waals surface area contributed by atoms with Crippen LogP contribution in [0.25, 0.3) is 4.96 Å². The van der Waals surface area contributed by atoms with Crippen LogP contribution in [0.5, 0.6) is 0 Å². The van der Waals surface area contributed by atoms with Gasteiger partial charge in [0.1, 0.15) is 0 Å². The van der Waals surface area contributed by atoms with Crippen LogP contribution in [0.15, 0.2) is 48.9 Å². The first-order valence-electron chi connectivity index (χ1n) is 8.95. The van der Waals surface area contributed by atoms with Crippen LogP contribution < -0.4 is 10.2 Å². The molecule has 2 aromatic heterocycles. The minimum atomic E-state index is 0.910. The Balaban J connectivity index is 1.15. The zero-order valence-electron chi connectivity index (χ0n) is 14.3. The summed E-state index contributed by atoms with van der Waals surface area (Å²) in [5.74, 6) is 0.910. The van der Waals surface area contributed by atoms with Crippen molar-refractivity contribution in [2.24, 2.45) is 0 Å². The van der Waals surface area contributed by atoms with E-state index in [2.05, 4.69) is 56.1 Å². The molecule has 1 aliphatic heterocycles. The summed E-state index contributed by atoms with van der Waals surface area (Å²) in [5.41, 5.74) is 2.81. The van der Waals surface area contributed by atoms with Crippen molar-refractivity contribution in [1.82, 2.24) is 13.8 Å². The molecule has 130 valence electrons. The van der Waals surface area contributed by atoms with E-state index >= 15 is 0 Å². The Morgan fingerprint density at radius 2 is 2.04 bits per heavy atom. The molecule has 1 aliphatic rings. The standard InChI is InChI=1S/C19H23N5S/c1(5-11-20-18-22-25-19-21-12-15-24(18)19)2-6-13-23-14-7-9-16-8-3-4-10-17(16)23/h3-4,7-8,10,12,14-15H,1-2,5-6,9,11,13H2,(H,20,22). The number of nitrogens with one attached hydrogen (secondary N) is 1. The van der Waals surface area contributed by atoms with E-state index in [1.807, 2.05) is 16.8 Å². The number of hydrogen-bond donors (Lipinski definition) is 1. The Bertz CT molecular complexity index is 850. The number of rotatable bonds is 8. The molecule has 0 saturated heterocycles. The fourth-order valence-electron chi connectivity index (χ4n) is 3.27. The summed E-state index contributed by atoms with van der Waals surface area (Å²) >= 11 is 1.43. The van der Waals surface area contributed by atoms with Crippen molar-refractivity contribution >= 4 is 28.1 Å². The summed E-state index contributed by atoms with van der Waals surface area (Å²) < 4.78 is 6.39. The number of imidazole rings is 1. The van der Waals surface area contributed by atoms with Crippen LogP contribution in [0, 0.1) is 0 Å². The van der Waals surface area contributed by atoms with Gasteiger partial charge in [0.15, 0.2) is 0 Å². The predicted molar refractivity (Wildman–Crippen MR) is 104 cm³/mol. The Hall–Kier alpha value is -2.34. The molecular formula is C19H23N5S. The van der Waals surface area contributed by atoms with Crippen molar-refractivity contribution in [3.05, 3.63) is 54.5 Å². The molecule has 0 saturated carbocycles. The molecule has 0 spiro atoms. The average Bonchev–Trinajstić information content (AvgIpc) is 3.25. The molecule has 0 atom stereocenters. The molecule has 3 heterocycles. The van der Waals surface area contributed by atoms with Crippen molar-refractivity contribution in [3.63, 3.8) is 0 Å². The number of benzene rings is 1. The van der Waals surface area contributed by atoms with Crippen LogP contribution >= 0.6 is 11.5 Å². The molecule has 0 bridgehead atoms. The van der Waals surface area contributed by atoms with Crippen LogP contribution in [0.4, 0.5) is 11.6 Å². The number of unbranched alkanes of at least 4 members (excludes halogenated alkanes) is 3. The molecule has 0 fully saturated rings. The number of anilines is 2. The third-order valence-electron chi connectivity index (χ3n) is 4.58. The molecule has 1 aromatic carbocycles. The summed E-state index contributed by atoms with van der Waals surface area (Å²) in [5, 5.41) is 3.41. The van der Waals surface area contributed by atoms with Crippen LogP contribution in [0.1, 0.15) is 31.2 Å². The second-order valence-corrected chi connectivity index (χ2v) is 7.07. The quantitative estimate of drug-likeness (QED) is 0.612. The number of aromatic nitrogens is 3. The zero-order valence-corrected chi connectivity index (χ0v) is 15.1. The number of nitrogens with zero attached hydrogens (tertiary/aromatic N) is 4. The highest BCUT2D eigenvalue weighted by Gasteiger charge is 2.11. The number of allylic oxidation sites excluding steroid dienone is 1. The molecule has 4 rings (SSSR count). The van der Waals surface area contributed by atoms with Gasteiger partial charge >= 0.3 is 0 Å². The molecule has 0 aliphatic carbocycles. The maximum absolute atomic E-state index is 4.39.